The molecule has 0 bridgehead atoms. The molecule has 2 heteroatoms. The van der Waals surface area contributed by atoms with Gasteiger partial charge in [0.2, 0.25) is 0 Å². The Labute approximate surface area is 269 Å². The van der Waals surface area contributed by atoms with Crippen LogP contribution < -0.4 is 4.90 Å². The third-order valence-electron chi connectivity index (χ3n) is 11.0. The van der Waals surface area contributed by atoms with Gasteiger partial charge in [-0.25, -0.2) is 0 Å². The Kier molecular flexibility index (Phi) is 5.63. The van der Waals surface area contributed by atoms with Crippen molar-refractivity contribution in [2.24, 2.45) is 0 Å². The van der Waals surface area contributed by atoms with Crippen LogP contribution in [0.5, 0.6) is 0 Å². The zero-order chi connectivity index (χ0) is 31.2. The van der Waals surface area contributed by atoms with Gasteiger partial charge in [-0.05, 0) is 80.2 Å². The molecule has 46 heavy (non-hydrogen) atoms. The second-order valence-corrected chi connectivity index (χ2v) is 13.8. The summed E-state index contributed by atoms with van der Waals surface area (Å²) in [5.74, 6) is 0. The Hall–Kier alpha value is -5.34. The standard InChI is InChI=1S/C44H35NO/c1-43(2)38-18-10-8-15-32(38)37-25-23-31-30-17-12-19-39(33(30)24-26-36(31)42(37)44(43,3)4)45(28-13-6-5-7-14-28)29-21-22-35-34-16-9-11-20-40(34)46-41(35)27-29/h5-27H,1-4H3. The largest absolute Gasteiger partial charge is 0.456 e. The lowest BCUT2D eigenvalue weighted by atomic mass is 9.55. The Morgan fingerprint density at radius 2 is 1.09 bits per heavy atom. The Balaban J connectivity index is 1.29. The lowest BCUT2D eigenvalue weighted by molar-refractivity contribution is 0.301. The first kappa shape index (κ1) is 27.0. The maximum absolute atomic E-state index is 6.35. The van der Waals surface area contributed by atoms with E-state index < -0.39 is 0 Å². The van der Waals surface area contributed by atoms with Gasteiger partial charge in [-0.2, -0.15) is 0 Å². The summed E-state index contributed by atoms with van der Waals surface area (Å²) >= 11 is 0. The molecular weight excluding hydrogens is 558 g/mol. The predicted octanol–water partition coefficient (Wildman–Crippen LogP) is 12.6. The zero-order valence-electron chi connectivity index (χ0n) is 26.6. The lowest BCUT2D eigenvalue weighted by Crippen LogP contribution is -2.43. The van der Waals surface area contributed by atoms with Gasteiger partial charge >= 0.3 is 0 Å². The summed E-state index contributed by atoms with van der Waals surface area (Å²) in [7, 11) is 0. The van der Waals surface area contributed by atoms with Gasteiger partial charge in [0, 0.05) is 39.0 Å². The molecule has 0 aliphatic heterocycles. The number of hydrogen-bond donors (Lipinski definition) is 0. The molecule has 8 aromatic rings. The summed E-state index contributed by atoms with van der Waals surface area (Å²) in [5.41, 5.74) is 10.6. The first-order chi connectivity index (χ1) is 22.3. The number of hydrogen-bond acceptors (Lipinski definition) is 2. The van der Waals surface area contributed by atoms with Crippen molar-refractivity contribution in [2.75, 3.05) is 4.90 Å². The second kappa shape index (κ2) is 9.58. The number of furan rings is 1. The molecule has 1 aromatic heterocycles. The third-order valence-corrected chi connectivity index (χ3v) is 11.0. The monoisotopic (exact) mass is 593 g/mol. The van der Waals surface area contributed by atoms with Crippen LogP contribution in [0.4, 0.5) is 17.1 Å². The summed E-state index contributed by atoms with van der Waals surface area (Å²) in [6.07, 6.45) is 0. The minimum Gasteiger partial charge on any atom is -0.456 e. The van der Waals surface area contributed by atoms with Crippen LogP contribution in [0.15, 0.2) is 144 Å². The van der Waals surface area contributed by atoms with Gasteiger partial charge in [-0.15, -0.1) is 0 Å². The fourth-order valence-electron chi connectivity index (χ4n) is 8.02. The van der Waals surface area contributed by atoms with Crippen LogP contribution in [-0.2, 0) is 10.8 Å². The highest BCUT2D eigenvalue weighted by Gasteiger charge is 2.46. The molecule has 0 saturated heterocycles. The molecular formula is C44H35NO. The third kappa shape index (κ3) is 3.64. The van der Waals surface area contributed by atoms with Crippen molar-refractivity contribution in [3.05, 3.63) is 151 Å². The van der Waals surface area contributed by atoms with Crippen LogP contribution in [0.2, 0.25) is 0 Å². The molecule has 0 saturated carbocycles. The first-order valence-electron chi connectivity index (χ1n) is 16.2. The van der Waals surface area contributed by atoms with E-state index in [1.54, 1.807) is 0 Å². The topological polar surface area (TPSA) is 16.4 Å². The molecule has 9 rings (SSSR count). The van der Waals surface area contributed by atoms with Crippen molar-refractivity contribution in [3.63, 3.8) is 0 Å². The number of benzene rings is 7. The van der Waals surface area contributed by atoms with Gasteiger partial charge in [0.25, 0.3) is 0 Å². The molecule has 1 heterocycles. The van der Waals surface area contributed by atoms with Crippen molar-refractivity contribution >= 4 is 60.5 Å². The van der Waals surface area contributed by atoms with E-state index in [0.717, 1.165) is 39.0 Å². The Morgan fingerprint density at radius 1 is 0.435 bits per heavy atom. The fraction of sp³-hybridized carbons (Fsp3) is 0.136. The molecule has 0 amide bonds. The van der Waals surface area contributed by atoms with E-state index in [0.29, 0.717) is 0 Å². The van der Waals surface area contributed by atoms with E-state index in [9.17, 15) is 0 Å². The first-order valence-corrected chi connectivity index (χ1v) is 16.2. The fourth-order valence-corrected chi connectivity index (χ4v) is 8.02. The van der Waals surface area contributed by atoms with Crippen LogP contribution in [0.3, 0.4) is 0 Å². The van der Waals surface area contributed by atoms with Gasteiger partial charge in [-0.3, -0.25) is 0 Å². The maximum Gasteiger partial charge on any atom is 0.137 e. The summed E-state index contributed by atoms with van der Waals surface area (Å²) in [6.45, 7) is 9.66. The van der Waals surface area contributed by atoms with Gasteiger partial charge < -0.3 is 9.32 Å². The van der Waals surface area contributed by atoms with Gasteiger partial charge in [0.1, 0.15) is 11.2 Å². The van der Waals surface area contributed by atoms with Gasteiger partial charge in [0.15, 0.2) is 0 Å². The van der Waals surface area contributed by atoms with Crippen LogP contribution >= 0.6 is 0 Å². The average Bonchev–Trinajstić information content (AvgIpc) is 3.45. The lowest BCUT2D eigenvalue weighted by Gasteiger charge is -2.49. The average molecular weight is 594 g/mol. The van der Waals surface area contributed by atoms with Crippen molar-refractivity contribution in [1.29, 1.82) is 0 Å². The zero-order valence-corrected chi connectivity index (χ0v) is 26.6. The summed E-state index contributed by atoms with van der Waals surface area (Å²) in [6, 6.07) is 50.6. The summed E-state index contributed by atoms with van der Waals surface area (Å²) < 4.78 is 6.35. The highest BCUT2D eigenvalue weighted by Crippen LogP contribution is 2.56. The van der Waals surface area contributed by atoms with E-state index in [1.807, 2.05) is 12.1 Å². The van der Waals surface area contributed by atoms with Crippen molar-refractivity contribution < 1.29 is 4.42 Å². The highest BCUT2D eigenvalue weighted by molar-refractivity contribution is 6.15. The van der Waals surface area contributed by atoms with Crippen molar-refractivity contribution in [3.8, 4) is 11.1 Å². The van der Waals surface area contributed by atoms with Crippen molar-refractivity contribution in [1.82, 2.24) is 0 Å². The Bertz CT molecular complexity index is 2480. The molecule has 0 N–H and O–H groups in total. The molecule has 0 fully saturated rings. The Morgan fingerprint density at radius 3 is 1.96 bits per heavy atom. The second-order valence-electron chi connectivity index (χ2n) is 13.8. The van der Waals surface area contributed by atoms with Gasteiger partial charge in [0.05, 0.1) is 5.69 Å². The number of fused-ring (bicyclic) bond motifs is 10. The number of para-hydroxylation sites is 2. The molecule has 7 aromatic carbocycles. The van der Waals surface area contributed by atoms with E-state index in [-0.39, 0.29) is 10.8 Å². The van der Waals surface area contributed by atoms with Crippen LogP contribution in [-0.4, -0.2) is 0 Å². The predicted molar refractivity (Wildman–Crippen MR) is 195 cm³/mol. The number of anilines is 3. The summed E-state index contributed by atoms with van der Waals surface area (Å²) in [4.78, 5) is 2.36. The van der Waals surface area contributed by atoms with Crippen LogP contribution in [0.25, 0.3) is 54.6 Å². The normalized spacial score (nSPS) is 14.9. The molecule has 1 aliphatic carbocycles. The molecule has 0 spiro atoms. The molecule has 1 aliphatic rings. The maximum atomic E-state index is 6.35. The molecule has 0 unspecified atom stereocenters. The smallest absolute Gasteiger partial charge is 0.137 e. The SMILES string of the molecule is CC1(C)c2ccccc2-c2ccc3c(ccc4c(N(c5ccccc5)c5ccc6c(c5)oc5ccccc56)cccc43)c2C1(C)C. The molecule has 0 radical (unpaired) electrons. The van der Waals surface area contributed by atoms with Crippen LogP contribution in [0.1, 0.15) is 38.8 Å². The van der Waals surface area contributed by atoms with E-state index >= 15 is 0 Å². The number of rotatable bonds is 3. The minimum absolute atomic E-state index is 0.0267. The molecule has 0 atom stereocenters. The molecule has 222 valence electrons. The van der Waals surface area contributed by atoms with Crippen molar-refractivity contribution in [2.45, 2.75) is 38.5 Å². The number of nitrogens with zero attached hydrogens (tertiary/aromatic N) is 1. The quantitative estimate of drug-likeness (QED) is 0.189. The van der Waals surface area contributed by atoms with E-state index in [1.165, 1.54) is 43.8 Å². The minimum atomic E-state index is -0.0699. The van der Waals surface area contributed by atoms with E-state index in [4.69, 9.17) is 4.42 Å². The van der Waals surface area contributed by atoms with E-state index in [2.05, 4.69) is 160 Å². The van der Waals surface area contributed by atoms with Gasteiger partial charge in [-0.1, -0.05) is 125 Å². The molecule has 2 nitrogen and oxygen atoms in total. The highest BCUT2D eigenvalue weighted by atomic mass is 16.3. The summed E-state index contributed by atoms with van der Waals surface area (Å²) in [5, 5.41) is 7.39. The van der Waals surface area contributed by atoms with Crippen LogP contribution in [0, 0.1) is 0 Å².